The molecule has 0 aliphatic carbocycles. The van der Waals surface area contributed by atoms with E-state index in [-0.39, 0.29) is 37.4 Å². The average Bonchev–Trinajstić information content (AvgIpc) is 3.57. The van der Waals surface area contributed by atoms with Crippen LogP contribution in [0.1, 0.15) is 76.2 Å². The van der Waals surface area contributed by atoms with Gasteiger partial charge in [0.15, 0.2) is 0 Å². The fourth-order valence-corrected chi connectivity index (χ4v) is 7.08. The molecule has 4 atom stereocenters. The van der Waals surface area contributed by atoms with Gasteiger partial charge >= 0.3 is 6.09 Å². The molecule has 4 N–H and O–H groups in total. The molecule has 1 aliphatic rings. The van der Waals surface area contributed by atoms with Crippen molar-refractivity contribution in [3.8, 4) is 0 Å². The molecule has 11 nitrogen and oxygen atoms in total. The zero-order valence-corrected chi connectivity index (χ0v) is 32.6. The topological polar surface area (TPSA) is 136 Å². The lowest BCUT2D eigenvalue weighted by atomic mass is 9.93. The summed E-state index contributed by atoms with van der Waals surface area (Å²) >= 11 is 1.54. The van der Waals surface area contributed by atoms with Crippen LogP contribution in [0.4, 0.5) is 4.79 Å². The molecule has 12 heteroatoms. The van der Waals surface area contributed by atoms with Gasteiger partial charge in [-0.1, -0.05) is 88.4 Å². The first-order chi connectivity index (χ1) is 24.7. The Balaban J connectivity index is 1.44. The molecule has 52 heavy (non-hydrogen) atoms. The molecule has 1 saturated heterocycles. The Hall–Kier alpha value is -3.84. The second-order valence-corrected chi connectivity index (χ2v) is 16.4. The molecule has 2 aromatic carbocycles. The highest BCUT2D eigenvalue weighted by Gasteiger charge is 2.37. The lowest BCUT2D eigenvalue weighted by Gasteiger charge is -2.43. The number of hydrogen-bond acceptors (Lipinski definition) is 9. The van der Waals surface area contributed by atoms with E-state index in [0.29, 0.717) is 31.1 Å². The number of nitrogens with one attached hydrogen (secondary N) is 3. The van der Waals surface area contributed by atoms with E-state index in [1.54, 1.807) is 0 Å². The molecule has 0 bridgehead atoms. The number of aromatic nitrogens is 1. The average molecular weight is 735 g/mol. The number of thiazole rings is 1. The van der Waals surface area contributed by atoms with Crippen molar-refractivity contribution >= 4 is 29.2 Å². The SMILES string of the molecule is CC(C)c1nc(COC(=O)NC[C@H](C(=O)N[C@H](Cc2ccccc2)[C@@H](O)CN2CCN(Cc3ccccc3)C[C@@H]2C(=O)NC(C)(C)C)C(C)C)cs1. The van der Waals surface area contributed by atoms with E-state index in [2.05, 4.69) is 51.8 Å². The number of alkyl carbamates (subject to hydrolysis) is 1. The highest BCUT2D eigenvalue weighted by atomic mass is 32.1. The second-order valence-electron chi connectivity index (χ2n) is 15.5. The van der Waals surface area contributed by atoms with Crippen molar-refractivity contribution in [2.75, 3.05) is 32.7 Å². The molecule has 1 aromatic heterocycles. The Labute approximate surface area is 313 Å². The fraction of sp³-hybridized carbons (Fsp3) is 0.550. The fourth-order valence-electron chi connectivity index (χ4n) is 6.26. The Kier molecular flexibility index (Phi) is 15.2. The maximum atomic E-state index is 13.9. The number of carbonyl (C=O) groups is 3. The van der Waals surface area contributed by atoms with E-state index in [1.807, 2.05) is 93.4 Å². The minimum atomic E-state index is -0.977. The number of aliphatic hydroxyl groups is 1. The van der Waals surface area contributed by atoms with Gasteiger partial charge in [-0.25, -0.2) is 9.78 Å². The van der Waals surface area contributed by atoms with Gasteiger partial charge in [0.2, 0.25) is 11.8 Å². The number of rotatable bonds is 16. The minimum absolute atomic E-state index is 0.0498. The molecule has 4 rings (SSSR count). The molecule has 0 saturated carbocycles. The highest BCUT2D eigenvalue weighted by Crippen LogP contribution is 2.21. The van der Waals surface area contributed by atoms with Crippen LogP contribution in [0.2, 0.25) is 0 Å². The summed E-state index contributed by atoms with van der Waals surface area (Å²) in [6, 6.07) is 18.8. The number of β-amino-alcohol motifs (C(OH)–C–C–N with tert-alkyl or cyclic N) is 1. The zero-order valence-electron chi connectivity index (χ0n) is 31.8. The highest BCUT2D eigenvalue weighted by molar-refractivity contribution is 7.09. The van der Waals surface area contributed by atoms with E-state index in [9.17, 15) is 19.5 Å². The number of aliphatic hydroxyl groups excluding tert-OH is 1. The first-order valence-electron chi connectivity index (χ1n) is 18.4. The molecule has 0 unspecified atom stereocenters. The second kappa shape index (κ2) is 19.3. The van der Waals surface area contributed by atoms with Gasteiger partial charge < -0.3 is 25.8 Å². The molecule has 284 valence electrons. The van der Waals surface area contributed by atoms with Crippen molar-refractivity contribution in [3.05, 3.63) is 87.9 Å². The molecule has 3 amide bonds. The largest absolute Gasteiger partial charge is 0.443 e. The third kappa shape index (κ3) is 13.0. The van der Waals surface area contributed by atoms with E-state index >= 15 is 0 Å². The molecular formula is C40H58N6O5S. The molecule has 0 radical (unpaired) electrons. The third-order valence-corrected chi connectivity index (χ3v) is 10.4. The molecule has 3 aromatic rings. The van der Waals surface area contributed by atoms with Crippen LogP contribution in [-0.4, -0.2) is 94.2 Å². The number of benzene rings is 2. The standard InChI is InChI=1S/C40H58N6O5S/c1-27(2)32(21-41-39(50)51-25-31-26-52-38(42-31)28(3)4)36(48)43-33(20-29-14-10-8-11-15-29)35(47)24-46-19-18-45(22-30-16-12-9-13-17-30)23-34(46)37(49)44-40(5,6)7/h8-17,26-28,32-35,47H,18-25H2,1-7H3,(H,41,50)(H,43,48)(H,44,49)/t32-,33+,34+,35-/m0/s1. The first-order valence-corrected chi connectivity index (χ1v) is 19.3. The van der Waals surface area contributed by atoms with Gasteiger partial charge in [0, 0.05) is 56.1 Å². The van der Waals surface area contributed by atoms with Crippen LogP contribution in [0.15, 0.2) is 66.0 Å². The van der Waals surface area contributed by atoms with Crippen LogP contribution in [0, 0.1) is 11.8 Å². The van der Waals surface area contributed by atoms with E-state index < -0.39 is 35.7 Å². The van der Waals surface area contributed by atoms with E-state index in [4.69, 9.17) is 4.74 Å². The van der Waals surface area contributed by atoms with Crippen molar-refractivity contribution in [1.82, 2.24) is 30.7 Å². The van der Waals surface area contributed by atoms with Crippen molar-refractivity contribution in [2.24, 2.45) is 11.8 Å². The van der Waals surface area contributed by atoms with Crippen LogP contribution >= 0.6 is 11.3 Å². The normalized spacial score (nSPS) is 17.4. The third-order valence-electron chi connectivity index (χ3n) is 9.16. The summed E-state index contributed by atoms with van der Waals surface area (Å²) in [7, 11) is 0. The lowest BCUT2D eigenvalue weighted by molar-refractivity contribution is -0.132. The van der Waals surface area contributed by atoms with Gasteiger partial charge in [-0.3, -0.25) is 19.4 Å². The zero-order chi connectivity index (χ0) is 37.8. The van der Waals surface area contributed by atoms with Crippen LogP contribution in [-0.2, 0) is 33.9 Å². The van der Waals surface area contributed by atoms with Gasteiger partial charge in [0.25, 0.3) is 0 Å². The molecule has 0 spiro atoms. The van der Waals surface area contributed by atoms with Gasteiger partial charge in [-0.2, -0.15) is 0 Å². The maximum absolute atomic E-state index is 13.9. The predicted octanol–water partition coefficient (Wildman–Crippen LogP) is 4.95. The Bertz CT molecular complexity index is 1560. The minimum Gasteiger partial charge on any atom is -0.443 e. The van der Waals surface area contributed by atoms with Gasteiger partial charge in [-0.15, -0.1) is 11.3 Å². The molecule has 1 aliphatic heterocycles. The smallest absolute Gasteiger partial charge is 0.407 e. The van der Waals surface area contributed by atoms with Crippen molar-refractivity contribution in [2.45, 2.75) is 97.7 Å². The van der Waals surface area contributed by atoms with Crippen LogP contribution in [0.5, 0.6) is 0 Å². The summed E-state index contributed by atoms with van der Waals surface area (Å²) in [5.41, 5.74) is 2.42. The Morgan fingerprint density at radius 2 is 1.63 bits per heavy atom. The number of carbonyl (C=O) groups excluding carboxylic acids is 3. The summed E-state index contributed by atoms with van der Waals surface area (Å²) in [6.07, 6.45) is -1.20. The van der Waals surface area contributed by atoms with Crippen molar-refractivity contribution in [1.29, 1.82) is 0 Å². The molecular weight excluding hydrogens is 677 g/mol. The maximum Gasteiger partial charge on any atom is 0.407 e. The summed E-state index contributed by atoms with van der Waals surface area (Å²) in [5, 5.41) is 23.8. The number of hydrogen-bond donors (Lipinski definition) is 4. The summed E-state index contributed by atoms with van der Waals surface area (Å²) in [4.78, 5) is 49.0. The van der Waals surface area contributed by atoms with Gasteiger partial charge in [0.1, 0.15) is 12.6 Å². The predicted molar refractivity (Wildman–Crippen MR) is 206 cm³/mol. The van der Waals surface area contributed by atoms with Gasteiger partial charge in [0.05, 0.1) is 28.8 Å². The molecule has 2 heterocycles. The van der Waals surface area contributed by atoms with Crippen LogP contribution in [0.3, 0.4) is 0 Å². The summed E-state index contributed by atoms with van der Waals surface area (Å²) in [5.74, 6) is -0.742. The number of piperazine rings is 1. The lowest BCUT2D eigenvalue weighted by Crippen LogP contribution is -2.63. The van der Waals surface area contributed by atoms with Crippen molar-refractivity contribution in [3.63, 3.8) is 0 Å². The van der Waals surface area contributed by atoms with E-state index in [1.165, 1.54) is 16.9 Å². The Morgan fingerprint density at radius 3 is 2.23 bits per heavy atom. The van der Waals surface area contributed by atoms with E-state index in [0.717, 1.165) is 23.7 Å². The monoisotopic (exact) mass is 734 g/mol. The number of nitrogens with zero attached hydrogens (tertiary/aromatic N) is 3. The quantitative estimate of drug-likeness (QED) is 0.162. The van der Waals surface area contributed by atoms with Gasteiger partial charge in [-0.05, 0) is 44.2 Å². The summed E-state index contributed by atoms with van der Waals surface area (Å²) < 4.78 is 5.39. The Morgan fingerprint density at radius 1 is 0.981 bits per heavy atom. The first kappa shape index (κ1) is 40.9. The van der Waals surface area contributed by atoms with Crippen LogP contribution in [0.25, 0.3) is 0 Å². The number of ether oxygens (including phenoxy) is 1. The van der Waals surface area contributed by atoms with Crippen molar-refractivity contribution < 1.29 is 24.2 Å². The summed E-state index contributed by atoms with van der Waals surface area (Å²) in [6.45, 7) is 16.7. The number of amides is 3. The molecule has 1 fully saturated rings. The van der Waals surface area contributed by atoms with Crippen LogP contribution < -0.4 is 16.0 Å².